The third-order valence-electron chi connectivity index (χ3n) is 6.19. The molecule has 2 aromatic carbocycles. The lowest BCUT2D eigenvalue weighted by molar-refractivity contribution is 0.313. The van der Waals surface area contributed by atoms with Gasteiger partial charge in [-0.15, -0.1) is 0 Å². The maximum atomic E-state index is 10.5. The van der Waals surface area contributed by atoms with Crippen LogP contribution in [0.3, 0.4) is 0 Å². The van der Waals surface area contributed by atoms with Crippen molar-refractivity contribution < 1.29 is 0 Å². The zero-order valence-electron chi connectivity index (χ0n) is 15.3. The van der Waals surface area contributed by atoms with Crippen LogP contribution in [-0.4, -0.2) is 29.9 Å². The van der Waals surface area contributed by atoms with Crippen LogP contribution in [0.25, 0.3) is 0 Å². The van der Waals surface area contributed by atoms with E-state index >= 15 is 0 Å². The lowest BCUT2D eigenvalue weighted by Gasteiger charge is -2.35. The molecular weight excluding hydrogens is 318 g/mol. The maximum absolute atomic E-state index is 10.5. The molecule has 2 atom stereocenters. The van der Waals surface area contributed by atoms with E-state index in [1.54, 1.807) is 0 Å². The molecule has 0 N–H and O–H groups in total. The van der Waals surface area contributed by atoms with Crippen molar-refractivity contribution in [3.8, 4) is 6.07 Å². The standard InChI is InChI=1S/C23H25N3/c1-18-25-14-15-26(18)22-13-12-21(16-22)23(17-24,19-8-4-2-5-9-19)20-10-6-3-7-11-20/h2-11,21-22H,12-16H2,1H3/t21-,22-/m1/s1. The van der Waals surface area contributed by atoms with Crippen LogP contribution in [0.2, 0.25) is 0 Å². The second kappa shape index (κ2) is 6.96. The molecule has 0 saturated heterocycles. The average Bonchev–Trinajstić information content (AvgIpc) is 3.34. The van der Waals surface area contributed by atoms with Crippen molar-refractivity contribution in [2.75, 3.05) is 13.1 Å². The molecule has 0 unspecified atom stereocenters. The predicted molar refractivity (Wildman–Crippen MR) is 105 cm³/mol. The molecule has 0 amide bonds. The molecule has 1 aliphatic heterocycles. The minimum absolute atomic E-state index is 0.315. The van der Waals surface area contributed by atoms with Gasteiger partial charge in [-0.3, -0.25) is 4.99 Å². The molecule has 2 aromatic rings. The molecular formula is C23H25N3. The third-order valence-corrected chi connectivity index (χ3v) is 6.19. The van der Waals surface area contributed by atoms with Crippen molar-refractivity contribution in [1.29, 1.82) is 5.26 Å². The Morgan fingerprint density at radius 3 is 2.12 bits per heavy atom. The Morgan fingerprint density at radius 1 is 1.00 bits per heavy atom. The van der Waals surface area contributed by atoms with Crippen molar-refractivity contribution in [3.05, 3.63) is 71.8 Å². The van der Waals surface area contributed by atoms with E-state index < -0.39 is 5.41 Å². The number of amidine groups is 1. The number of benzene rings is 2. The highest BCUT2D eigenvalue weighted by Crippen LogP contribution is 2.47. The molecule has 132 valence electrons. The number of hydrogen-bond donors (Lipinski definition) is 0. The molecule has 3 nitrogen and oxygen atoms in total. The van der Waals surface area contributed by atoms with E-state index in [1.165, 1.54) is 0 Å². The number of aliphatic imine (C=N–C) groups is 1. The molecule has 1 fully saturated rings. The Kier molecular flexibility index (Phi) is 4.51. The smallest absolute Gasteiger partial charge is 0.110 e. The van der Waals surface area contributed by atoms with Crippen molar-refractivity contribution in [3.63, 3.8) is 0 Å². The van der Waals surface area contributed by atoms with Crippen LogP contribution >= 0.6 is 0 Å². The van der Waals surface area contributed by atoms with E-state index in [2.05, 4.69) is 47.2 Å². The minimum Gasteiger partial charge on any atom is -0.356 e. The van der Waals surface area contributed by atoms with Gasteiger partial charge < -0.3 is 4.90 Å². The molecule has 0 spiro atoms. The van der Waals surface area contributed by atoms with Crippen LogP contribution < -0.4 is 0 Å². The minimum atomic E-state index is -0.581. The van der Waals surface area contributed by atoms with E-state index in [9.17, 15) is 5.26 Å². The van der Waals surface area contributed by atoms with Crippen LogP contribution in [0, 0.1) is 17.2 Å². The van der Waals surface area contributed by atoms with Crippen LogP contribution in [0.1, 0.15) is 37.3 Å². The van der Waals surface area contributed by atoms with Crippen LogP contribution in [-0.2, 0) is 5.41 Å². The Balaban J connectivity index is 1.73. The van der Waals surface area contributed by atoms with E-state index in [-0.39, 0.29) is 0 Å². The largest absolute Gasteiger partial charge is 0.356 e. The van der Waals surface area contributed by atoms with Crippen molar-refractivity contribution >= 4 is 5.84 Å². The maximum Gasteiger partial charge on any atom is 0.110 e. The summed E-state index contributed by atoms with van der Waals surface area (Å²) in [4.78, 5) is 7.02. The molecule has 4 rings (SSSR count). The summed E-state index contributed by atoms with van der Waals surface area (Å²) in [7, 11) is 0. The summed E-state index contributed by atoms with van der Waals surface area (Å²) < 4.78 is 0. The van der Waals surface area contributed by atoms with Gasteiger partial charge in [0.2, 0.25) is 0 Å². The number of nitriles is 1. The molecule has 1 aliphatic carbocycles. The molecule has 2 aliphatic rings. The van der Waals surface area contributed by atoms with Crippen molar-refractivity contribution in [2.45, 2.75) is 37.6 Å². The number of hydrogen-bond acceptors (Lipinski definition) is 3. The molecule has 1 heterocycles. The van der Waals surface area contributed by atoms with Gasteiger partial charge in [-0.1, -0.05) is 60.7 Å². The lowest BCUT2D eigenvalue weighted by Crippen LogP contribution is -2.38. The summed E-state index contributed by atoms with van der Waals surface area (Å²) in [5, 5.41) is 10.5. The summed E-state index contributed by atoms with van der Waals surface area (Å²) in [6.07, 6.45) is 3.26. The first kappa shape index (κ1) is 16.8. The Bertz CT molecular complexity index is 780. The van der Waals surface area contributed by atoms with Gasteiger partial charge in [0.05, 0.1) is 18.4 Å². The Morgan fingerprint density at radius 2 is 1.62 bits per heavy atom. The lowest BCUT2D eigenvalue weighted by atomic mass is 9.66. The van der Waals surface area contributed by atoms with Crippen molar-refractivity contribution in [1.82, 2.24) is 4.90 Å². The fourth-order valence-corrected chi connectivity index (χ4v) is 4.91. The number of nitrogens with zero attached hydrogens (tertiary/aromatic N) is 3. The highest BCUT2D eigenvalue weighted by molar-refractivity contribution is 5.81. The van der Waals surface area contributed by atoms with E-state index in [1.807, 2.05) is 36.4 Å². The summed E-state index contributed by atoms with van der Waals surface area (Å²) in [5.41, 5.74) is 1.65. The zero-order chi connectivity index (χ0) is 18.0. The van der Waals surface area contributed by atoms with Gasteiger partial charge >= 0.3 is 0 Å². The monoisotopic (exact) mass is 343 g/mol. The van der Waals surface area contributed by atoms with E-state index in [0.717, 1.165) is 49.3 Å². The second-order valence-electron chi connectivity index (χ2n) is 7.44. The quantitative estimate of drug-likeness (QED) is 0.825. The first-order valence-corrected chi connectivity index (χ1v) is 9.55. The second-order valence-corrected chi connectivity index (χ2v) is 7.44. The topological polar surface area (TPSA) is 39.4 Å². The third kappa shape index (κ3) is 2.70. The predicted octanol–water partition coefficient (Wildman–Crippen LogP) is 4.40. The average molecular weight is 343 g/mol. The Hall–Kier alpha value is -2.60. The normalized spacial score (nSPS) is 22.9. The molecule has 1 saturated carbocycles. The van der Waals surface area contributed by atoms with Crippen LogP contribution in [0.5, 0.6) is 0 Å². The van der Waals surface area contributed by atoms with Gasteiger partial charge in [-0.05, 0) is 43.2 Å². The SMILES string of the molecule is CC1=NCCN1[C@@H]1CC[C@@H](C(C#N)(c2ccccc2)c2ccccc2)C1. The fourth-order valence-electron chi connectivity index (χ4n) is 4.91. The first-order valence-electron chi connectivity index (χ1n) is 9.55. The summed E-state index contributed by atoms with van der Waals surface area (Å²) in [6, 6.07) is 24.0. The van der Waals surface area contributed by atoms with Gasteiger partial charge in [-0.2, -0.15) is 5.26 Å². The van der Waals surface area contributed by atoms with Crippen LogP contribution in [0.4, 0.5) is 0 Å². The highest BCUT2D eigenvalue weighted by Gasteiger charge is 2.47. The summed E-state index contributed by atoms with van der Waals surface area (Å²) in [6.45, 7) is 4.06. The molecule has 0 aromatic heterocycles. The Labute approximate surface area is 156 Å². The van der Waals surface area contributed by atoms with Crippen molar-refractivity contribution in [2.24, 2.45) is 10.9 Å². The first-order chi connectivity index (χ1) is 12.8. The summed E-state index contributed by atoms with van der Waals surface area (Å²) in [5.74, 6) is 1.48. The highest BCUT2D eigenvalue weighted by atomic mass is 15.3. The zero-order valence-corrected chi connectivity index (χ0v) is 15.3. The van der Waals surface area contributed by atoms with E-state index in [0.29, 0.717) is 12.0 Å². The van der Waals surface area contributed by atoms with E-state index in [4.69, 9.17) is 0 Å². The fraction of sp³-hybridized carbons (Fsp3) is 0.391. The molecule has 0 bridgehead atoms. The molecule has 3 heteroatoms. The van der Waals surface area contributed by atoms with Gasteiger partial charge in [0, 0.05) is 12.6 Å². The molecule has 0 radical (unpaired) electrons. The van der Waals surface area contributed by atoms with Gasteiger partial charge in [0.25, 0.3) is 0 Å². The summed E-state index contributed by atoms with van der Waals surface area (Å²) >= 11 is 0. The molecule has 26 heavy (non-hydrogen) atoms. The van der Waals surface area contributed by atoms with Gasteiger partial charge in [-0.25, -0.2) is 0 Å². The van der Waals surface area contributed by atoms with Gasteiger partial charge in [0.1, 0.15) is 5.41 Å². The number of rotatable bonds is 4. The van der Waals surface area contributed by atoms with Crippen LogP contribution in [0.15, 0.2) is 65.7 Å². The van der Waals surface area contributed by atoms with Gasteiger partial charge in [0.15, 0.2) is 0 Å².